The number of oxime groups is 1. The summed E-state index contributed by atoms with van der Waals surface area (Å²) in [5, 5.41) is 62.9. The fraction of sp³-hybridized carbons (Fsp3) is 0.237. The van der Waals surface area contributed by atoms with Gasteiger partial charge in [-0.25, -0.2) is 9.78 Å². The number of ether oxygens (including phenoxy) is 2. The molecule has 2 aromatic heterocycles. The van der Waals surface area contributed by atoms with E-state index in [-0.39, 0.29) is 23.4 Å². The maximum absolute atomic E-state index is 14.0. The molecule has 2 aliphatic rings. The van der Waals surface area contributed by atoms with Gasteiger partial charge in [0.15, 0.2) is 0 Å². The van der Waals surface area contributed by atoms with Crippen molar-refractivity contribution in [2.24, 2.45) is 5.16 Å². The largest absolute Gasteiger partial charge is 0.508 e. The number of pyridine rings is 2. The highest BCUT2D eigenvalue weighted by atomic mass is 16.7. The van der Waals surface area contributed by atoms with E-state index < -0.39 is 107 Å². The highest BCUT2D eigenvalue weighted by molar-refractivity contribution is 6.27. The standard InChI is InChI=1S/C38H30N8O15/c1-17(61-40-36-24-9-21(43(51)52)11-29(45(55)56)33(24)34-25(36)10-22(44(53)54)12-30(34)46(57)58)38(50)60-15-20-8-31-35-19(13-42(31)37(49)27(20)16-59-18(2)47)7-23-26(14-41(3)4)32(48)6-5-28(23)39-35/h5-12,17,48H,13-16H2,1-4H3/t17-/m1/s1. The number of nitro benzene ring substituents is 4. The lowest BCUT2D eigenvalue weighted by Crippen LogP contribution is -2.27. The van der Waals surface area contributed by atoms with Gasteiger partial charge in [-0.3, -0.25) is 50.0 Å². The summed E-state index contributed by atoms with van der Waals surface area (Å²) in [5.41, 5.74) is -3.66. The second-order valence-electron chi connectivity index (χ2n) is 14.2. The Kier molecular flexibility index (Phi) is 10.4. The molecule has 0 unspecified atom stereocenters. The van der Waals surface area contributed by atoms with Crippen LogP contribution in [0.2, 0.25) is 0 Å². The van der Waals surface area contributed by atoms with Crippen LogP contribution in [0.25, 0.3) is 33.4 Å². The number of nitrogens with zero attached hydrogens (tertiary/aromatic N) is 8. The normalized spacial score (nSPS) is 12.6. The number of benzene rings is 3. The van der Waals surface area contributed by atoms with E-state index in [0.29, 0.717) is 52.1 Å². The number of hydrogen-bond donors (Lipinski definition) is 1. The summed E-state index contributed by atoms with van der Waals surface area (Å²) in [6.07, 6.45) is -1.63. The average molecular weight is 839 g/mol. The number of carbonyl (C=O) groups is 2. The Balaban J connectivity index is 1.23. The lowest BCUT2D eigenvalue weighted by molar-refractivity contribution is -0.395. The topological polar surface area (TPSA) is 305 Å². The number of aromatic nitrogens is 2. The molecule has 0 radical (unpaired) electrons. The highest BCUT2D eigenvalue weighted by Gasteiger charge is 2.42. The lowest BCUT2D eigenvalue weighted by Gasteiger charge is -2.15. The molecule has 1 N–H and O–H groups in total. The first-order valence-electron chi connectivity index (χ1n) is 17.9. The Morgan fingerprint density at radius 1 is 0.869 bits per heavy atom. The first-order chi connectivity index (χ1) is 28.9. The number of esters is 2. The molecule has 23 heteroatoms. The van der Waals surface area contributed by atoms with Crippen LogP contribution in [0.1, 0.15) is 47.2 Å². The number of phenolic OH excluding ortho intramolecular Hbond substituents is 1. The Morgan fingerprint density at radius 3 is 2.02 bits per heavy atom. The zero-order valence-corrected chi connectivity index (χ0v) is 32.3. The van der Waals surface area contributed by atoms with Gasteiger partial charge in [0, 0.05) is 58.8 Å². The van der Waals surface area contributed by atoms with Crippen molar-refractivity contribution in [3.8, 4) is 28.3 Å². The molecule has 23 nitrogen and oxygen atoms in total. The predicted molar refractivity (Wildman–Crippen MR) is 210 cm³/mol. The minimum absolute atomic E-state index is 0.0191. The van der Waals surface area contributed by atoms with Gasteiger partial charge in [-0.05, 0) is 45.3 Å². The maximum Gasteiger partial charge on any atom is 0.350 e. The molecule has 3 heterocycles. The summed E-state index contributed by atoms with van der Waals surface area (Å²) in [7, 11) is 3.69. The fourth-order valence-corrected chi connectivity index (χ4v) is 7.19. The third-order valence-corrected chi connectivity index (χ3v) is 9.91. The van der Waals surface area contributed by atoms with Gasteiger partial charge < -0.3 is 28.9 Å². The van der Waals surface area contributed by atoms with E-state index >= 15 is 0 Å². The van der Waals surface area contributed by atoms with Crippen molar-refractivity contribution >= 4 is 51.3 Å². The first-order valence-corrected chi connectivity index (χ1v) is 17.9. The average Bonchev–Trinajstić information content (AvgIpc) is 3.72. The predicted octanol–water partition coefficient (Wildman–Crippen LogP) is 4.77. The third-order valence-electron chi connectivity index (χ3n) is 9.91. The summed E-state index contributed by atoms with van der Waals surface area (Å²) in [6, 6.07) is 9.34. The molecule has 0 saturated heterocycles. The van der Waals surface area contributed by atoms with Crippen LogP contribution in [0.4, 0.5) is 22.7 Å². The van der Waals surface area contributed by atoms with Gasteiger partial charge in [-0.1, -0.05) is 5.16 Å². The van der Waals surface area contributed by atoms with Crippen LogP contribution in [-0.2, 0) is 50.2 Å². The summed E-state index contributed by atoms with van der Waals surface area (Å²) < 4.78 is 12.1. The molecule has 1 aliphatic heterocycles. The van der Waals surface area contributed by atoms with E-state index in [4.69, 9.17) is 19.3 Å². The molecule has 7 rings (SSSR count). The lowest BCUT2D eigenvalue weighted by atomic mass is 10.0. The zero-order valence-electron chi connectivity index (χ0n) is 32.3. The Morgan fingerprint density at radius 2 is 1.48 bits per heavy atom. The van der Waals surface area contributed by atoms with Gasteiger partial charge in [0.1, 0.15) is 24.7 Å². The number of phenols is 1. The van der Waals surface area contributed by atoms with Crippen molar-refractivity contribution in [2.75, 3.05) is 14.1 Å². The molecule has 0 bridgehead atoms. The molecule has 1 atom stereocenters. The van der Waals surface area contributed by atoms with Crippen molar-refractivity contribution < 1.29 is 48.7 Å². The van der Waals surface area contributed by atoms with Crippen LogP contribution in [0.15, 0.2) is 58.5 Å². The summed E-state index contributed by atoms with van der Waals surface area (Å²) in [6.45, 7) is 1.75. The number of aromatic hydroxyl groups is 1. The number of nitro groups is 4. The van der Waals surface area contributed by atoms with E-state index in [2.05, 4.69) is 5.16 Å². The van der Waals surface area contributed by atoms with E-state index in [1.165, 1.54) is 17.6 Å². The maximum atomic E-state index is 14.0. The van der Waals surface area contributed by atoms with E-state index in [1.807, 2.05) is 25.1 Å². The molecule has 3 aromatic carbocycles. The van der Waals surface area contributed by atoms with Gasteiger partial charge in [-0.2, -0.15) is 0 Å². The summed E-state index contributed by atoms with van der Waals surface area (Å²) in [4.78, 5) is 95.0. The van der Waals surface area contributed by atoms with Gasteiger partial charge >= 0.3 is 11.9 Å². The fourth-order valence-electron chi connectivity index (χ4n) is 7.19. The van der Waals surface area contributed by atoms with Crippen molar-refractivity contribution in [3.63, 3.8) is 0 Å². The first kappa shape index (κ1) is 41.0. The van der Waals surface area contributed by atoms with E-state index in [1.54, 1.807) is 12.1 Å². The van der Waals surface area contributed by atoms with Gasteiger partial charge in [-0.15, -0.1) is 0 Å². The van der Waals surface area contributed by atoms with Crippen LogP contribution >= 0.6 is 0 Å². The van der Waals surface area contributed by atoms with Crippen molar-refractivity contribution in [2.45, 2.75) is 46.3 Å². The van der Waals surface area contributed by atoms with Crippen LogP contribution in [-0.4, -0.2) is 77.1 Å². The molecule has 0 saturated carbocycles. The van der Waals surface area contributed by atoms with Crippen molar-refractivity contribution in [1.82, 2.24) is 14.5 Å². The van der Waals surface area contributed by atoms with Gasteiger partial charge in [0.25, 0.3) is 28.3 Å². The van der Waals surface area contributed by atoms with E-state index in [9.17, 15) is 59.9 Å². The number of fused-ring (bicyclic) bond motifs is 7. The molecular formula is C38H30N8O15. The van der Waals surface area contributed by atoms with E-state index in [0.717, 1.165) is 19.1 Å². The molecular weight excluding hydrogens is 808 g/mol. The van der Waals surface area contributed by atoms with Crippen LogP contribution in [0.3, 0.4) is 0 Å². The molecule has 0 fully saturated rings. The number of carbonyl (C=O) groups excluding carboxylic acids is 2. The minimum Gasteiger partial charge on any atom is -0.508 e. The zero-order chi connectivity index (χ0) is 44.2. The minimum atomic E-state index is -1.63. The quantitative estimate of drug-likeness (QED) is 0.0928. The Bertz CT molecular complexity index is 2820. The van der Waals surface area contributed by atoms with Crippen molar-refractivity contribution in [3.05, 3.63) is 133 Å². The second-order valence-corrected chi connectivity index (χ2v) is 14.2. The molecule has 0 spiro atoms. The Labute approximate surface area is 340 Å². The van der Waals surface area contributed by atoms with Crippen LogP contribution in [0, 0.1) is 40.5 Å². The number of rotatable bonds is 13. The smallest absolute Gasteiger partial charge is 0.350 e. The SMILES string of the molecule is CC(=O)OCc1c(COC(=O)[C@@H](C)ON=C2c3cc([N+](=O)[O-])cc([N+](=O)[O-])c3-c3c2cc([N+](=O)[O-])cc3[N+](=O)[O-])cc2n(c1=O)Cc1cc3c(CN(C)C)c(O)ccc3nc1-2. The van der Waals surface area contributed by atoms with Gasteiger partial charge in [0.2, 0.25) is 6.10 Å². The van der Waals surface area contributed by atoms with Crippen LogP contribution in [0.5, 0.6) is 5.75 Å². The number of non-ortho nitro benzene ring substituents is 2. The highest BCUT2D eigenvalue weighted by Crippen LogP contribution is 2.50. The molecule has 61 heavy (non-hydrogen) atoms. The molecule has 5 aromatic rings. The Hall–Kier alpha value is -8.21. The molecule has 0 amide bonds. The monoisotopic (exact) mass is 838 g/mol. The van der Waals surface area contributed by atoms with Crippen LogP contribution < -0.4 is 5.56 Å². The molecule has 1 aliphatic carbocycles. The summed E-state index contributed by atoms with van der Waals surface area (Å²) in [5.74, 6) is -1.72. The summed E-state index contributed by atoms with van der Waals surface area (Å²) >= 11 is 0. The van der Waals surface area contributed by atoms with Gasteiger partial charge in [0.05, 0.1) is 72.0 Å². The second kappa shape index (κ2) is 15.5. The van der Waals surface area contributed by atoms with Crippen molar-refractivity contribution in [1.29, 1.82) is 0 Å². The molecule has 312 valence electrons. The number of hydrogen-bond acceptors (Lipinski definition) is 18. The third kappa shape index (κ3) is 7.39.